The maximum absolute atomic E-state index is 5.18. The lowest BCUT2D eigenvalue weighted by molar-refractivity contribution is 0.415. The SMILES string of the molecule is COc1ccc(C=C(CNCC(C)C)C(C)C)cc1. The first-order valence-electron chi connectivity index (χ1n) is 7.08. The van der Waals surface area contributed by atoms with Crippen molar-refractivity contribution in [3.05, 3.63) is 35.4 Å². The average Bonchev–Trinajstić information content (AvgIpc) is 2.37. The molecule has 2 heteroatoms. The molecule has 0 bridgehead atoms. The van der Waals surface area contributed by atoms with Gasteiger partial charge < -0.3 is 10.1 Å². The number of methoxy groups -OCH3 is 1. The van der Waals surface area contributed by atoms with Crippen molar-refractivity contribution in [2.24, 2.45) is 11.8 Å². The first-order chi connectivity index (χ1) is 9.02. The number of nitrogens with one attached hydrogen (secondary N) is 1. The van der Waals surface area contributed by atoms with Crippen LogP contribution in [0.3, 0.4) is 0 Å². The Hall–Kier alpha value is -1.28. The van der Waals surface area contributed by atoms with E-state index in [1.165, 1.54) is 11.1 Å². The summed E-state index contributed by atoms with van der Waals surface area (Å²) in [7, 11) is 1.69. The highest BCUT2D eigenvalue weighted by Crippen LogP contribution is 2.17. The number of ether oxygens (including phenoxy) is 1. The molecule has 0 aliphatic heterocycles. The maximum Gasteiger partial charge on any atom is 0.118 e. The van der Waals surface area contributed by atoms with Crippen molar-refractivity contribution in [1.82, 2.24) is 5.32 Å². The first kappa shape index (κ1) is 15.8. The van der Waals surface area contributed by atoms with Gasteiger partial charge in [0.05, 0.1) is 7.11 Å². The van der Waals surface area contributed by atoms with Gasteiger partial charge in [-0.3, -0.25) is 0 Å². The average molecular weight is 261 g/mol. The number of hydrogen-bond acceptors (Lipinski definition) is 2. The maximum atomic E-state index is 5.18. The van der Waals surface area contributed by atoms with Gasteiger partial charge in [-0.15, -0.1) is 0 Å². The minimum atomic E-state index is 0.557. The largest absolute Gasteiger partial charge is 0.497 e. The Morgan fingerprint density at radius 1 is 1.16 bits per heavy atom. The van der Waals surface area contributed by atoms with Crippen molar-refractivity contribution in [3.8, 4) is 5.75 Å². The predicted octanol–water partition coefficient (Wildman–Crippen LogP) is 3.98. The van der Waals surface area contributed by atoms with Crippen LogP contribution in [0.5, 0.6) is 5.75 Å². The summed E-state index contributed by atoms with van der Waals surface area (Å²) in [6.07, 6.45) is 2.28. The molecule has 0 spiro atoms. The van der Waals surface area contributed by atoms with E-state index in [2.05, 4.69) is 51.2 Å². The van der Waals surface area contributed by atoms with Crippen LogP contribution in [0.15, 0.2) is 29.8 Å². The van der Waals surface area contributed by atoms with Crippen molar-refractivity contribution >= 4 is 6.08 Å². The van der Waals surface area contributed by atoms with E-state index >= 15 is 0 Å². The third-order valence-corrected chi connectivity index (χ3v) is 3.09. The molecule has 0 saturated heterocycles. The molecule has 1 N–H and O–H groups in total. The van der Waals surface area contributed by atoms with Crippen LogP contribution in [0.25, 0.3) is 6.08 Å². The molecule has 0 aromatic heterocycles. The van der Waals surface area contributed by atoms with E-state index in [0.29, 0.717) is 11.8 Å². The summed E-state index contributed by atoms with van der Waals surface area (Å²) in [5.41, 5.74) is 2.67. The topological polar surface area (TPSA) is 21.3 Å². The summed E-state index contributed by atoms with van der Waals surface area (Å²) in [5.74, 6) is 2.15. The molecule has 0 fully saturated rings. The van der Waals surface area contributed by atoms with E-state index in [9.17, 15) is 0 Å². The molecule has 0 heterocycles. The van der Waals surface area contributed by atoms with Crippen molar-refractivity contribution in [2.45, 2.75) is 27.7 Å². The van der Waals surface area contributed by atoms with Crippen LogP contribution in [-0.4, -0.2) is 20.2 Å². The molecule has 19 heavy (non-hydrogen) atoms. The van der Waals surface area contributed by atoms with Crippen molar-refractivity contribution < 1.29 is 4.74 Å². The van der Waals surface area contributed by atoms with E-state index < -0.39 is 0 Å². The van der Waals surface area contributed by atoms with Crippen LogP contribution in [-0.2, 0) is 0 Å². The number of benzene rings is 1. The Morgan fingerprint density at radius 2 is 1.79 bits per heavy atom. The third-order valence-electron chi connectivity index (χ3n) is 3.09. The molecule has 2 nitrogen and oxygen atoms in total. The molecular weight excluding hydrogens is 234 g/mol. The third kappa shape index (κ3) is 5.93. The molecular formula is C17H27NO. The van der Waals surface area contributed by atoms with E-state index in [0.717, 1.165) is 18.8 Å². The van der Waals surface area contributed by atoms with Crippen molar-refractivity contribution in [2.75, 3.05) is 20.2 Å². The molecule has 1 rings (SSSR count). The van der Waals surface area contributed by atoms with Gasteiger partial charge in [0.25, 0.3) is 0 Å². The number of hydrogen-bond donors (Lipinski definition) is 1. The van der Waals surface area contributed by atoms with Gasteiger partial charge >= 0.3 is 0 Å². The lowest BCUT2D eigenvalue weighted by atomic mass is 10.00. The highest BCUT2D eigenvalue weighted by molar-refractivity contribution is 5.54. The molecule has 0 atom stereocenters. The second-order valence-corrected chi connectivity index (χ2v) is 5.67. The molecule has 0 radical (unpaired) electrons. The van der Waals surface area contributed by atoms with Gasteiger partial charge in [-0.1, -0.05) is 51.5 Å². The zero-order valence-electron chi connectivity index (χ0n) is 12.9. The minimum Gasteiger partial charge on any atom is -0.497 e. The Kier molecular flexibility index (Phi) is 6.65. The standard InChI is InChI=1S/C17H27NO/c1-13(2)11-18-12-16(14(3)4)10-15-6-8-17(19-5)9-7-15/h6-10,13-14,18H,11-12H2,1-5H3. The lowest BCUT2D eigenvalue weighted by Gasteiger charge is -2.14. The minimum absolute atomic E-state index is 0.557. The van der Waals surface area contributed by atoms with Gasteiger partial charge in [0.1, 0.15) is 5.75 Å². The smallest absolute Gasteiger partial charge is 0.118 e. The molecule has 106 valence electrons. The monoisotopic (exact) mass is 261 g/mol. The van der Waals surface area contributed by atoms with Gasteiger partial charge in [-0.2, -0.15) is 0 Å². The Bertz CT molecular complexity index is 390. The Balaban J connectivity index is 2.70. The fraction of sp³-hybridized carbons (Fsp3) is 0.529. The van der Waals surface area contributed by atoms with Crippen LogP contribution in [0.1, 0.15) is 33.3 Å². The van der Waals surface area contributed by atoms with Crippen LogP contribution in [0.2, 0.25) is 0 Å². The quantitative estimate of drug-likeness (QED) is 0.801. The lowest BCUT2D eigenvalue weighted by Crippen LogP contribution is -2.23. The van der Waals surface area contributed by atoms with Crippen molar-refractivity contribution in [1.29, 1.82) is 0 Å². The van der Waals surface area contributed by atoms with Crippen LogP contribution < -0.4 is 10.1 Å². The highest BCUT2D eigenvalue weighted by atomic mass is 16.5. The summed E-state index contributed by atoms with van der Waals surface area (Å²) in [4.78, 5) is 0. The van der Waals surface area contributed by atoms with E-state index in [1.54, 1.807) is 7.11 Å². The molecule has 1 aromatic carbocycles. The van der Waals surface area contributed by atoms with E-state index in [-0.39, 0.29) is 0 Å². The Morgan fingerprint density at radius 3 is 2.26 bits per heavy atom. The van der Waals surface area contributed by atoms with Gasteiger partial charge in [0.2, 0.25) is 0 Å². The van der Waals surface area contributed by atoms with Gasteiger partial charge in [-0.05, 0) is 36.1 Å². The van der Waals surface area contributed by atoms with Crippen molar-refractivity contribution in [3.63, 3.8) is 0 Å². The summed E-state index contributed by atoms with van der Waals surface area (Å²) >= 11 is 0. The molecule has 0 aliphatic rings. The van der Waals surface area contributed by atoms with E-state index in [4.69, 9.17) is 4.74 Å². The summed E-state index contributed by atoms with van der Waals surface area (Å²) in [6.45, 7) is 11.0. The van der Waals surface area contributed by atoms with Gasteiger partial charge in [0.15, 0.2) is 0 Å². The predicted molar refractivity (Wildman–Crippen MR) is 83.5 cm³/mol. The first-order valence-corrected chi connectivity index (χ1v) is 7.08. The normalized spacial score (nSPS) is 12.3. The zero-order valence-corrected chi connectivity index (χ0v) is 12.9. The van der Waals surface area contributed by atoms with Crippen LogP contribution in [0.4, 0.5) is 0 Å². The summed E-state index contributed by atoms with van der Waals surface area (Å²) in [6, 6.07) is 8.21. The fourth-order valence-electron chi connectivity index (χ4n) is 1.84. The zero-order chi connectivity index (χ0) is 14.3. The van der Waals surface area contributed by atoms with Crippen LogP contribution in [0, 0.1) is 11.8 Å². The molecule has 0 unspecified atom stereocenters. The number of rotatable bonds is 7. The summed E-state index contributed by atoms with van der Waals surface area (Å²) in [5, 5.41) is 3.52. The molecule has 0 saturated carbocycles. The fourth-order valence-corrected chi connectivity index (χ4v) is 1.84. The van der Waals surface area contributed by atoms with Gasteiger partial charge in [0, 0.05) is 6.54 Å². The molecule has 0 aliphatic carbocycles. The second kappa shape index (κ2) is 8.00. The summed E-state index contributed by atoms with van der Waals surface area (Å²) < 4.78 is 5.18. The molecule has 1 aromatic rings. The van der Waals surface area contributed by atoms with Gasteiger partial charge in [-0.25, -0.2) is 0 Å². The second-order valence-electron chi connectivity index (χ2n) is 5.67. The molecule has 0 amide bonds. The van der Waals surface area contributed by atoms with E-state index in [1.807, 2.05) is 12.1 Å². The Labute approximate surface area is 117 Å². The van der Waals surface area contributed by atoms with Crippen LogP contribution >= 0.6 is 0 Å². The highest BCUT2D eigenvalue weighted by Gasteiger charge is 2.04.